The Balaban J connectivity index is 1.92. The van der Waals surface area contributed by atoms with Crippen LogP contribution in [0.15, 0.2) is 66.1 Å². The van der Waals surface area contributed by atoms with Gasteiger partial charge in [-0.1, -0.05) is 65.0 Å². The van der Waals surface area contributed by atoms with Crippen LogP contribution in [0.1, 0.15) is 57.7 Å². The summed E-state index contributed by atoms with van der Waals surface area (Å²) < 4.78 is 0. The predicted octanol–water partition coefficient (Wildman–Crippen LogP) is 5.81. The number of benzene rings is 2. The zero-order valence-corrected chi connectivity index (χ0v) is 18.6. The summed E-state index contributed by atoms with van der Waals surface area (Å²) in [7, 11) is 0. The van der Waals surface area contributed by atoms with Crippen molar-refractivity contribution < 1.29 is 14.7 Å². The number of aromatic nitrogens is 1. The van der Waals surface area contributed by atoms with E-state index in [1.54, 1.807) is 20.8 Å². The number of aromatic amines is 1. The topological polar surface area (TPSA) is 73.4 Å². The predicted molar refractivity (Wildman–Crippen MR) is 123 cm³/mol. The van der Waals surface area contributed by atoms with Crippen LogP contribution in [-0.4, -0.2) is 21.8 Å². The number of nitrogens with zero attached hydrogens (tertiary/aromatic N) is 1. The molecule has 1 unspecified atom stereocenters. The van der Waals surface area contributed by atoms with Crippen molar-refractivity contribution in [2.24, 2.45) is 5.41 Å². The van der Waals surface area contributed by atoms with E-state index in [0.717, 1.165) is 22.0 Å². The van der Waals surface area contributed by atoms with Gasteiger partial charge in [0.05, 0.1) is 11.6 Å². The second-order valence-electron chi connectivity index (χ2n) is 9.45. The van der Waals surface area contributed by atoms with Crippen LogP contribution in [0.2, 0.25) is 0 Å². The van der Waals surface area contributed by atoms with Gasteiger partial charge in [0.1, 0.15) is 0 Å². The number of carbonyl (C=O) groups is 2. The van der Waals surface area contributed by atoms with Gasteiger partial charge in [0, 0.05) is 33.8 Å². The minimum absolute atomic E-state index is 0.148. The van der Waals surface area contributed by atoms with Crippen LogP contribution in [0.5, 0.6) is 0 Å². The van der Waals surface area contributed by atoms with Crippen LogP contribution in [0.4, 0.5) is 5.69 Å². The van der Waals surface area contributed by atoms with E-state index in [2.05, 4.69) is 18.8 Å². The van der Waals surface area contributed by atoms with E-state index in [9.17, 15) is 14.7 Å². The number of anilines is 1. The van der Waals surface area contributed by atoms with Crippen molar-refractivity contribution in [1.29, 1.82) is 0 Å². The third kappa shape index (κ3) is 3.44. The van der Waals surface area contributed by atoms with E-state index in [1.165, 1.54) is 4.90 Å². The molecule has 1 atom stereocenters. The van der Waals surface area contributed by atoms with E-state index < -0.39 is 23.1 Å². The Morgan fingerprint density at radius 2 is 1.71 bits per heavy atom. The molecule has 5 nitrogen and oxygen atoms in total. The molecule has 1 amide bonds. The maximum atomic E-state index is 13.4. The van der Waals surface area contributed by atoms with Gasteiger partial charge in [-0.15, -0.1) is 0 Å². The smallest absolute Gasteiger partial charge is 0.294 e. The lowest BCUT2D eigenvalue weighted by molar-refractivity contribution is -0.123. The van der Waals surface area contributed by atoms with Gasteiger partial charge in [0.2, 0.25) is 0 Å². The number of aliphatic hydroxyl groups excluding tert-OH is 1. The fourth-order valence-electron chi connectivity index (χ4n) is 4.14. The third-order valence-corrected chi connectivity index (χ3v) is 5.89. The number of amides is 1. The van der Waals surface area contributed by atoms with Crippen molar-refractivity contribution in [3.8, 4) is 0 Å². The van der Waals surface area contributed by atoms with Crippen LogP contribution in [-0.2, 0) is 9.59 Å². The maximum absolute atomic E-state index is 13.4. The first-order valence-electron chi connectivity index (χ1n) is 10.6. The number of nitrogens with one attached hydrogen (secondary N) is 1. The van der Waals surface area contributed by atoms with E-state index >= 15 is 0 Å². The molecule has 0 radical (unpaired) electrons. The molecule has 160 valence electrons. The highest BCUT2D eigenvalue weighted by Crippen LogP contribution is 2.45. The Morgan fingerprint density at radius 1 is 1.06 bits per heavy atom. The summed E-state index contributed by atoms with van der Waals surface area (Å²) in [6.45, 7) is 9.61. The molecule has 5 heteroatoms. The summed E-state index contributed by atoms with van der Waals surface area (Å²) in [6, 6.07) is 14.8. The summed E-state index contributed by atoms with van der Waals surface area (Å²) >= 11 is 0. The van der Waals surface area contributed by atoms with Gasteiger partial charge in [-0.25, -0.2) is 0 Å². The molecule has 0 aliphatic carbocycles. The van der Waals surface area contributed by atoms with Crippen molar-refractivity contribution in [3.63, 3.8) is 0 Å². The first-order valence-corrected chi connectivity index (χ1v) is 10.6. The first kappa shape index (κ1) is 20.9. The number of H-pyrrole nitrogens is 1. The number of carbonyl (C=O) groups excluding carboxylic acids is 2. The number of ketones is 1. The summed E-state index contributed by atoms with van der Waals surface area (Å²) in [5, 5.41) is 11.8. The van der Waals surface area contributed by atoms with Crippen molar-refractivity contribution in [2.75, 3.05) is 4.90 Å². The van der Waals surface area contributed by atoms with Crippen molar-refractivity contribution in [3.05, 3.63) is 77.2 Å². The van der Waals surface area contributed by atoms with Gasteiger partial charge in [0.15, 0.2) is 11.5 Å². The fraction of sp³-hybridized carbons (Fsp3) is 0.308. The Hall–Kier alpha value is -3.34. The second kappa shape index (κ2) is 7.41. The Morgan fingerprint density at radius 3 is 2.32 bits per heavy atom. The number of Topliss-reactive ketones (excluding diaryl/α,β-unsaturated/α-hetero) is 1. The molecular formula is C26H28N2O3. The van der Waals surface area contributed by atoms with Crippen molar-refractivity contribution in [1.82, 2.24) is 4.98 Å². The molecule has 0 fully saturated rings. The molecule has 1 aliphatic rings. The fourth-order valence-corrected chi connectivity index (χ4v) is 4.14. The number of aliphatic hydroxyl groups is 1. The largest absolute Gasteiger partial charge is 0.503 e. The molecule has 1 aromatic heterocycles. The number of para-hydroxylation sites is 1. The van der Waals surface area contributed by atoms with Crippen LogP contribution in [0.25, 0.3) is 10.9 Å². The minimum Gasteiger partial charge on any atom is -0.503 e. The molecule has 31 heavy (non-hydrogen) atoms. The van der Waals surface area contributed by atoms with Crippen molar-refractivity contribution in [2.45, 2.75) is 46.6 Å². The van der Waals surface area contributed by atoms with E-state index in [1.807, 2.05) is 54.7 Å². The van der Waals surface area contributed by atoms with Crippen LogP contribution in [0, 0.1) is 5.41 Å². The number of hydrogen-bond acceptors (Lipinski definition) is 3. The maximum Gasteiger partial charge on any atom is 0.294 e. The van der Waals surface area contributed by atoms with Gasteiger partial charge in [-0.2, -0.15) is 0 Å². The monoisotopic (exact) mass is 416 g/mol. The van der Waals surface area contributed by atoms with E-state index in [-0.39, 0.29) is 11.4 Å². The first-order chi connectivity index (χ1) is 14.6. The lowest BCUT2D eigenvalue weighted by Gasteiger charge is -2.28. The highest BCUT2D eigenvalue weighted by Gasteiger charge is 2.47. The molecule has 0 saturated carbocycles. The molecule has 0 bridgehead atoms. The quantitative estimate of drug-likeness (QED) is 0.564. The molecule has 1 aliphatic heterocycles. The van der Waals surface area contributed by atoms with Gasteiger partial charge >= 0.3 is 0 Å². The molecule has 2 heterocycles. The van der Waals surface area contributed by atoms with Gasteiger partial charge in [-0.3, -0.25) is 14.5 Å². The zero-order valence-electron chi connectivity index (χ0n) is 18.6. The lowest BCUT2D eigenvalue weighted by atomic mass is 9.82. The van der Waals surface area contributed by atoms with Crippen LogP contribution >= 0.6 is 0 Å². The average Bonchev–Trinajstić information content (AvgIpc) is 3.26. The zero-order chi connectivity index (χ0) is 22.5. The van der Waals surface area contributed by atoms with Crippen LogP contribution in [0.3, 0.4) is 0 Å². The second-order valence-corrected chi connectivity index (χ2v) is 9.45. The van der Waals surface area contributed by atoms with Gasteiger partial charge in [0.25, 0.3) is 5.91 Å². The third-order valence-electron chi connectivity index (χ3n) is 5.89. The molecule has 2 aromatic carbocycles. The number of fused-ring (bicyclic) bond motifs is 1. The summed E-state index contributed by atoms with van der Waals surface area (Å²) in [5.41, 5.74) is 2.90. The number of hydrogen-bond donors (Lipinski definition) is 2. The average molecular weight is 417 g/mol. The summed E-state index contributed by atoms with van der Waals surface area (Å²) in [5.74, 6) is -0.907. The van der Waals surface area contributed by atoms with Gasteiger partial charge < -0.3 is 10.1 Å². The SMILES string of the molecule is CC(C)c1ccc(N2C(=O)C(O)=C(C(=O)C(C)(C)C)C2c2c[nH]c3ccccc23)cc1. The Kier molecular flexibility index (Phi) is 5.00. The standard InChI is InChI=1S/C26H28N2O3/c1-15(2)16-10-12-17(13-11-16)28-22(19-14-27-20-9-7-6-8-18(19)20)21(23(29)25(28)31)24(30)26(3,4)5/h6-15,22,27,29H,1-5H3. The minimum atomic E-state index is -0.745. The molecule has 4 rings (SSSR count). The highest BCUT2D eigenvalue weighted by atomic mass is 16.3. The molecular weight excluding hydrogens is 388 g/mol. The highest BCUT2D eigenvalue weighted by molar-refractivity contribution is 6.18. The van der Waals surface area contributed by atoms with E-state index in [0.29, 0.717) is 11.6 Å². The lowest BCUT2D eigenvalue weighted by Crippen LogP contribution is -2.32. The summed E-state index contributed by atoms with van der Waals surface area (Å²) in [4.78, 5) is 31.4. The molecule has 0 saturated heterocycles. The van der Waals surface area contributed by atoms with Gasteiger partial charge in [-0.05, 0) is 29.7 Å². The molecule has 3 aromatic rings. The number of rotatable bonds is 4. The Bertz CT molecular complexity index is 1190. The summed E-state index contributed by atoms with van der Waals surface area (Å²) in [6.07, 6.45) is 1.83. The molecule has 0 spiro atoms. The van der Waals surface area contributed by atoms with E-state index in [4.69, 9.17) is 0 Å². The van der Waals surface area contributed by atoms with Crippen molar-refractivity contribution >= 4 is 28.3 Å². The molecule has 2 N–H and O–H groups in total. The Labute approximate surface area is 182 Å². The normalized spacial score (nSPS) is 17.3. The van der Waals surface area contributed by atoms with Crippen LogP contribution < -0.4 is 4.90 Å².